The van der Waals surface area contributed by atoms with E-state index in [4.69, 9.17) is 5.73 Å². The molecule has 1 nitrogen and oxygen atoms in total. The van der Waals surface area contributed by atoms with Gasteiger partial charge >= 0.3 is 0 Å². The van der Waals surface area contributed by atoms with E-state index in [2.05, 4.69) is 0 Å². The van der Waals surface area contributed by atoms with Gasteiger partial charge in [-0.05, 0) is 49.3 Å². The largest absolute Gasteiger partial charge is 0.329 e. The third kappa shape index (κ3) is 2.68. The van der Waals surface area contributed by atoms with Crippen molar-refractivity contribution in [2.75, 3.05) is 6.54 Å². The highest BCUT2D eigenvalue weighted by Gasteiger charge is 2.54. The zero-order valence-corrected chi connectivity index (χ0v) is 12.1. The van der Waals surface area contributed by atoms with Crippen LogP contribution in [0.25, 0.3) is 0 Å². The Morgan fingerprint density at radius 1 is 1.16 bits per heavy atom. The van der Waals surface area contributed by atoms with Crippen molar-refractivity contribution in [2.24, 2.45) is 11.1 Å². The molecule has 0 atom stereocenters. The quantitative estimate of drug-likeness (QED) is 0.889. The van der Waals surface area contributed by atoms with Crippen molar-refractivity contribution < 1.29 is 4.39 Å². The van der Waals surface area contributed by atoms with Gasteiger partial charge in [0.2, 0.25) is 0 Å². The van der Waals surface area contributed by atoms with Crippen LogP contribution in [0.15, 0.2) is 29.2 Å². The van der Waals surface area contributed by atoms with Crippen molar-refractivity contribution in [2.45, 2.75) is 54.6 Å². The minimum atomic E-state index is -0.149. The van der Waals surface area contributed by atoms with Crippen molar-refractivity contribution in [3.8, 4) is 0 Å². The molecule has 2 aliphatic rings. The molecule has 0 unspecified atom stereocenters. The maximum Gasteiger partial charge on any atom is 0.124 e. The third-order valence-corrected chi connectivity index (χ3v) is 6.19. The van der Waals surface area contributed by atoms with Crippen LogP contribution in [0.3, 0.4) is 0 Å². The molecule has 0 heterocycles. The lowest BCUT2D eigenvalue weighted by molar-refractivity contribution is 0.0402. The summed E-state index contributed by atoms with van der Waals surface area (Å²) in [5.74, 6) is -0.149. The molecule has 1 spiro atoms. The first-order chi connectivity index (χ1) is 9.15. The fourth-order valence-corrected chi connectivity index (χ4v) is 5.67. The Balaban J connectivity index is 1.69. The van der Waals surface area contributed by atoms with Gasteiger partial charge in [-0.2, -0.15) is 0 Å². The summed E-state index contributed by atoms with van der Waals surface area (Å²) in [5, 5.41) is 0. The lowest BCUT2D eigenvalue weighted by atomic mass is 9.55. The predicted octanol–water partition coefficient (Wildman–Crippen LogP) is 4.36. The van der Waals surface area contributed by atoms with Gasteiger partial charge in [0.25, 0.3) is 0 Å². The molecule has 2 saturated carbocycles. The Morgan fingerprint density at radius 3 is 2.53 bits per heavy atom. The van der Waals surface area contributed by atoms with Gasteiger partial charge in [-0.25, -0.2) is 4.39 Å². The zero-order valence-electron chi connectivity index (χ0n) is 11.3. The molecular weight excluding hydrogens is 257 g/mol. The molecule has 0 aliphatic heterocycles. The van der Waals surface area contributed by atoms with Gasteiger partial charge in [0.1, 0.15) is 5.82 Å². The van der Waals surface area contributed by atoms with Gasteiger partial charge in [0.05, 0.1) is 0 Å². The van der Waals surface area contributed by atoms with E-state index in [1.807, 2.05) is 6.07 Å². The van der Waals surface area contributed by atoms with Crippen LogP contribution in [0.1, 0.15) is 44.9 Å². The molecular formula is C16H22FNS. The summed E-state index contributed by atoms with van der Waals surface area (Å²) < 4.78 is 13.4. The van der Waals surface area contributed by atoms with Crippen LogP contribution in [-0.4, -0.2) is 11.3 Å². The molecule has 0 saturated heterocycles. The van der Waals surface area contributed by atoms with Gasteiger partial charge in [0.15, 0.2) is 0 Å². The number of thioether (sulfide) groups is 1. The van der Waals surface area contributed by atoms with Gasteiger partial charge < -0.3 is 5.73 Å². The molecule has 1 aromatic carbocycles. The number of hydrogen-bond donors (Lipinski definition) is 1. The van der Waals surface area contributed by atoms with Gasteiger partial charge in [-0.1, -0.05) is 25.3 Å². The van der Waals surface area contributed by atoms with Crippen LogP contribution in [0.4, 0.5) is 4.39 Å². The lowest BCUT2D eigenvalue weighted by Crippen LogP contribution is -2.54. The first kappa shape index (κ1) is 13.4. The summed E-state index contributed by atoms with van der Waals surface area (Å²) in [4.78, 5) is 1.02. The third-order valence-electron chi connectivity index (χ3n) is 4.81. The summed E-state index contributed by atoms with van der Waals surface area (Å²) in [6.07, 6.45) is 9.34. The van der Waals surface area contributed by atoms with Gasteiger partial charge in [-0.15, -0.1) is 11.8 Å². The Hall–Kier alpha value is -0.540. The molecule has 0 amide bonds. The highest BCUT2D eigenvalue weighted by Crippen LogP contribution is 2.62. The van der Waals surface area contributed by atoms with Crippen LogP contribution in [0.2, 0.25) is 0 Å². The number of benzene rings is 1. The molecule has 3 rings (SSSR count). The molecule has 0 aromatic heterocycles. The van der Waals surface area contributed by atoms with Crippen LogP contribution in [-0.2, 0) is 0 Å². The van der Waals surface area contributed by atoms with E-state index in [-0.39, 0.29) is 10.6 Å². The predicted molar refractivity (Wildman–Crippen MR) is 78.8 cm³/mol. The molecule has 2 aliphatic carbocycles. The van der Waals surface area contributed by atoms with Crippen LogP contribution >= 0.6 is 11.8 Å². The molecule has 0 radical (unpaired) electrons. The minimum absolute atomic E-state index is 0.149. The van der Waals surface area contributed by atoms with Gasteiger partial charge in [-0.3, -0.25) is 0 Å². The van der Waals surface area contributed by atoms with E-state index >= 15 is 0 Å². The van der Waals surface area contributed by atoms with Gasteiger partial charge in [0, 0.05) is 16.2 Å². The smallest absolute Gasteiger partial charge is 0.124 e. The fourth-order valence-electron chi connectivity index (χ4n) is 4.01. The number of hydrogen-bond acceptors (Lipinski definition) is 2. The summed E-state index contributed by atoms with van der Waals surface area (Å²) in [6, 6.07) is 6.92. The van der Waals surface area contributed by atoms with E-state index in [0.717, 1.165) is 4.90 Å². The van der Waals surface area contributed by atoms with Crippen LogP contribution in [0.5, 0.6) is 0 Å². The fraction of sp³-hybridized carbons (Fsp3) is 0.625. The standard InChI is InChI=1S/C16H22FNS/c17-13-5-4-6-14(9-13)19-16(12-18)10-15(11-16)7-2-1-3-8-15/h4-6,9H,1-3,7-8,10-12,18H2. The lowest BCUT2D eigenvalue weighted by Gasteiger charge is -2.57. The Kier molecular flexibility index (Phi) is 3.61. The first-order valence-electron chi connectivity index (χ1n) is 7.30. The number of rotatable bonds is 3. The second-order valence-electron chi connectivity index (χ2n) is 6.36. The summed E-state index contributed by atoms with van der Waals surface area (Å²) in [7, 11) is 0. The second-order valence-corrected chi connectivity index (χ2v) is 7.90. The molecule has 2 fully saturated rings. The molecule has 0 bridgehead atoms. The average molecular weight is 279 g/mol. The zero-order chi connectivity index (χ0) is 13.3. The van der Waals surface area contributed by atoms with E-state index in [9.17, 15) is 4.39 Å². The van der Waals surface area contributed by atoms with Crippen LogP contribution in [0, 0.1) is 11.2 Å². The first-order valence-corrected chi connectivity index (χ1v) is 8.12. The molecule has 1 aromatic rings. The van der Waals surface area contributed by atoms with E-state index in [1.54, 1.807) is 23.9 Å². The highest BCUT2D eigenvalue weighted by atomic mass is 32.2. The number of halogens is 1. The average Bonchev–Trinajstić information content (AvgIpc) is 2.38. The van der Waals surface area contributed by atoms with Crippen molar-refractivity contribution in [3.05, 3.63) is 30.1 Å². The van der Waals surface area contributed by atoms with Crippen molar-refractivity contribution in [1.82, 2.24) is 0 Å². The SMILES string of the molecule is NCC1(Sc2cccc(F)c2)CC2(CCCCC2)C1. The Morgan fingerprint density at radius 2 is 1.89 bits per heavy atom. The van der Waals surface area contributed by atoms with E-state index in [0.29, 0.717) is 12.0 Å². The monoisotopic (exact) mass is 279 g/mol. The normalized spacial score (nSPS) is 24.1. The maximum atomic E-state index is 13.3. The van der Waals surface area contributed by atoms with Crippen molar-refractivity contribution in [1.29, 1.82) is 0 Å². The summed E-state index contributed by atoms with van der Waals surface area (Å²) in [5.41, 5.74) is 6.60. The summed E-state index contributed by atoms with van der Waals surface area (Å²) in [6.45, 7) is 0.704. The Bertz CT molecular complexity index is 446. The molecule has 2 N–H and O–H groups in total. The van der Waals surface area contributed by atoms with Crippen molar-refractivity contribution in [3.63, 3.8) is 0 Å². The van der Waals surface area contributed by atoms with E-state index < -0.39 is 0 Å². The Labute approximate surface area is 119 Å². The molecule has 104 valence electrons. The molecule has 3 heteroatoms. The van der Waals surface area contributed by atoms with Crippen LogP contribution < -0.4 is 5.73 Å². The second kappa shape index (κ2) is 5.10. The summed E-state index contributed by atoms with van der Waals surface area (Å²) >= 11 is 1.79. The topological polar surface area (TPSA) is 26.0 Å². The minimum Gasteiger partial charge on any atom is -0.329 e. The van der Waals surface area contributed by atoms with Crippen molar-refractivity contribution >= 4 is 11.8 Å². The molecule has 19 heavy (non-hydrogen) atoms. The highest BCUT2D eigenvalue weighted by molar-refractivity contribution is 8.00. The number of nitrogens with two attached hydrogens (primary N) is 1. The maximum absolute atomic E-state index is 13.3. The van der Waals surface area contributed by atoms with E-state index in [1.165, 1.54) is 51.0 Å².